The number of nitrogen functional groups attached to an aromatic ring is 1. The molecule has 0 fully saturated rings. The van der Waals surface area contributed by atoms with Crippen molar-refractivity contribution in [3.8, 4) is 0 Å². The zero-order valence-corrected chi connectivity index (χ0v) is 15.9. The smallest absolute Gasteiger partial charge is 0.232 e. The number of hydrogen-bond acceptors (Lipinski definition) is 8. The Balaban J connectivity index is 1.76. The fourth-order valence-corrected chi connectivity index (χ4v) is 3.35. The molecule has 136 valence electrons. The zero-order chi connectivity index (χ0) is 18.5. The SMILES string of the molecule is CCc1ccccc1Nc1nc(N)nc(CSc2nncn2C(C)C)n1. The van der Waals surface area contributed by atoms with Gasteiger partial charge in [0.05, 0.1) is 5.75 Å². The highest BCUT2D eigenvalue weighted by molar-refractivity contribution is 7.98. The van der Waals surface area contributed by atoms with E-state index in [0.717, 1.165) is 17.3 Å². The Morgan fingerprint density at radius 2 is 2.00 bits per heavy atom. The molecule has 0 unspecified atom stereocenters. The second-order valence-electron chi connectivity index (χ2n) is 5.97. The summed E-state index contributed by atoms with van der Waals surface area (Å²) in [5.74, 6) is 1.76. The number of thioether (sulfide) groups is 1. The third kappa shape index (κ3) is 4.29. The molecule has 2 heterocycles. The number of hydrogen-bond donors (Lipinski definition) is 2. The van der Waals surface area contributed by atoms with Gasteiger partial charge >= 0.3 is 0 Å². The van der Waals surface area contributed by atoms with Crippen LogP contribution < -0.4 is 11.1 Å². The summed E-state index contributed by atoms with van der Waals surface area (Å²) in [6.45, 7) is 6.28. The topological polar surface area (TPSA) is 107 Å². The van der Waals surface area contributed by atoms with Crippen molar-refractivity contribution in [3.05, 3.63) is 42.0 Å². The lowest BCUT2D eigenvalue weighted by molar-refractivity contribution is 0.549. The Morgan fingerprint density at radius 1 is 1.19 bits per heavy atom. The molecule has 2 aromatic heterocycles. The van der Waals surface area contributed by atoms with Crippen molar-refractivity contribution >= 4 is 29.3 Å². The van der Waals surface area contributed by atoms with Crippen molar-refractivity contribution in [2.75, 3.05) is 11.1 Å². The van der Waals surface area contributed by atoms with Gasteiger partial charge < -0.3 is 15.6 Å². The van der Waals surface area contributed by atoms with Crippen molar-refractivity contribution in [1.82, 2.24) is 29.7 Å². The molecule has 0 aliphatic heterocycles. The van der Waals surface area contributed by atoms with E-state index in [2.05, 4.69) is 57.3 Å². The molecule has 0 bridgehead atoms. The highest BCUT2D eigenvalue weighted by Gasteiger charge is 2.11. The predicted molar refractivity (Wildman–Crippen MR) is 103 cm³/mol. The molecule has 0 aliphatic rings. The van der Waals surface area contributed by atoms with Crippen LogP contribution in [0.25, 0.3) is 0 Å². The Labute approximate surface area is 156 Å². The summed E-state index contributed by atoms with van der Waals surface area (Å²) in [5, 5.41) is 12.2. The maximum Gasteiger partial charge on any atom is 0.232 e. The lowest BCUT2D eigenvalue weighted by Gasteiger charge is -2.11. The van der Waals surface area contributed by atoms with Gasteiger partial charge in [0, 0.05) is 11.7 Å². The van der Waals surface area contributed by atoms with Gasteiger partial charge in [-0.25, -0.2) is 0 Å². The maximum absolute atomic E-state index is 5.87. The van der Waals surface area contributed by atoms with Gasteiger partial charge in [-0.3, -0.25) is 0 Å². The fourth-order valence-electron chi connectivity index (χ4n) is 2.45. The third-order valence-corrected chi connectivity index (χ3v) is 4.72. The third-order valence-electron chi connectivity index (χ3n) is 3.77. The molecule has 3 N–H and O–H groups in total. The van der Waals surface area contributed by atoms with Crippen LogP contribution in [0.2, 0.25) is 0 Å². The Bertz CT molecular complexity index is 877. The Kier molecular flexibility index (Phi) is 5.67. The second kappa shape index (κ2) is 8.13. The summed E-state index contributed by atoms with van der Waals surface area (Å²) in [5.41, 5.74) is 8.02. The summed E-state index contributed by atoms with van der Waals surface area (Å²) in [6, 6.07) is 8.35. The van der Waals surface area contributed by atoms with Crippen LogP contribution in [0.1, 0.15) is 38.2 Å². The van der Waals surface area contributed by atoms with E-state index in [9.17, 15) is 0 Å². The van der Waals surface area contributed by atoms with E-state index in [1.807, 2.05) is 22.8 Å². The van der Waals surface area contributed by atoms with E-state index in [1.54, 1.807) is 6.33 Å². The molecule has 0 radical (unpaired) electrons. The minimum Gasteiger partial charge on any atom is -0.368 e. The average Bonchev–Trinajstić information content (AvgIpc) is 3.09. The van der Waals surface area contributed by atoms with E-state index in [0.29, 0.717) is 23.6 Å². The first kappa shape index (κ1) is 18.1. The van der Waals surface area contributed by atoms with Crippen molar-refractivity contribution in [1.29, 1.82) is 0 Å². The largest absolute Gasteiger partial charge is 0.368 e. The first-order valence-corrected chi connectivity index (χ1v) is 9.43. The second-order valence-corrected chi connectivity index (χ2v) is 6.91. The van der Waals surface area contributed by atoms with Gasteiger partial charge in [-0.05, 0) is 31.9 Å². The molecule has 0 saturated heterocycles. The van der Waals surface area contributed by atoms with Crippen LogP contribution >= 0.6 is 11.8 Å². The van der Waals surface area contributed by atoms with Gasteiger partial charge in [0.25, 0.3) is 0 Å². The van der Waals surface area contributed by atoms with Crippen LogP contribution in [-0.2, 0) is 12.2 Å². The van der Waals surface area contributed by atoms with Gasteiger partial charge in [-0.2, -0.15) is 15.0 Å². The molecule has 26 heavy (non-hydrogen) atoms. The average molecular weight is 370 g/mol. The van der Waals surface area contributed by atoms with Crippen LogP contribution in [0.15, 0.2) is 35.7 Å². The Morgan fingerprint density at radius 3 is 2.77 bits per heavy atom. The predicted octanol–water partition coefficient (Wildman–Crippen LogP) is 3.22. The number of para-hydroxylation sites is 1. The van der Waals surface area contributed by atoms with E-state index in [1.165, 1.54) is 17.3 Å². The van der Waals surface area contributed by atoms with Crippen LogP contribution in [-0.4, -0.2) is 29.7 Å². The molecule has 3 rings (SSSR count). The van der Waals surface area contributed by atoms with Gasteiger partial charge in [-0.1, -0.05) is 36.9 Å². The summed E-state index contributed by atoms with van der Waals surface area (Å²) < 4.78 is 2.01. The van der Waals surface area contributed by atoms with Gasteiger partial charge in [-0.15, -0.1) is 10.2 Å². The summed E-state index contributed by atoms with van der Waals surface area (Å²) in [7, 11) is 0. The quantitative estimate of drug-likeness (QED) is 0.610. The molecule has 8 nitrogen and oxygen atoms in total. The minimum absolute atomic E-state index is 0.192. The summed E-state index contributed by atoms with van der Waals surface area (Å²) in [4.78, 5) is 12.9. The lowest BCUT2D eigenvalue weighted by Crippen LogP contribution is -2.08. The molecule has 0 saturated carbocycles. The first-order chi connectivity index (χ1) is 12.6. The van der Waals surface area contributed by atoms with Crippen LogP contribution in [0.5, 0.6) is 0 Å². The number of nitrogens with two attached hydrogens (primary N) is 1. The van der Waals surface area contributed by atoms with E-state index >= 15 is 0 Å². The van der Waals surface area contributed by atoms with Crippen molar-refractivity contribution in [2.24, 2.45) is 0 Å². The number of nitrogens with zero attached hydrogens (tertiary/aromatic N) is 6. The van der Waals surface area contributed by atoms with Gasteiger partial charge in [0.2, 0.25) is 11.9 Å². The monoisotopic (exact) mass is 370 g/mol. The lowest BCUT2D eigenvalue weighted by atomic mass is 10.1. The first-order valence-electron chi connectivity index (χ1n) is 8.44. The fraction of sp³-hybridized carbons (Fsp3) is 0.353. The minimum atomic E-state index is 0.192. The normalized spacial score (nSPS) is 11.1. The molecular weight excluding hydrogens is 348 g/mol. The summed E-state index contributed by atoms with van der Waals surface area (Å²) >= 11 is 1.52. The highest BCUT2D eigenvalue weighted by Crippen LogP contribution is 2.23. The van der Waals surface area contributed by atoms with Crippen LogP contribution in [0.3, 0.4) is 0 Å². The number of nitrogens with one attached hydrogen (secondary N) is 1. The molecular formula is C17H22N8S. The number of rotatable bonds is 7. The van der Waals surface area contributed by atoms with Crippen molar-refractivity contribution < 1.29 is 0 Å². The zero-order valence-electron chi connectivity index (χ0n) is 15.0. The van der Waals surface area contributed by atoms with Crippen LogP contribution in [0, 0.1) is 0 Å². The molecule has 9 heteroatoms. The van der Waals surface area contributed by atoms with Crippen molar-refractivity contribution in [3.63, 3.8) is 0 Å². The molecule has 1 aromatic carbocycles. The standard InChI is InChI=1S/C17H22N8S/c1-4-12-7-5-6-8-13(12)20-16-22-14(21-15(18)23-16)9-26-17-24-19-10-25(17)11(2)3/h5-8,10-11H,4,9H2,1-3H3,(H3,18,20,21,22,23). The van der Waals surface area contributed by atoms with E-state index in [-0.39, 0.29) is 5.95 Å². The summed E-state index contributed by atoms with van der Waals surface area (Å²) in [6.07, 6.45) is 2.64. The molecule has 0 spiro atoms. The van der Waals surface area contributed by atoms with E-state index < -0.39 is 0 Å². The number of anilines is 3. The van der Waals surface area contributed by atoms with E-state index in [4.69, 9.17) is 5.73 Å². The molecule has 0 aliphatic carbocycles. The van der Waals surface area contributed by atoms with Crippen molar-refractivity contribution in [2.45, 2.75) is 44.1 Å². The Hall–Kier alpha value is -2.68. The maximum atomic E-state index is 5.87. The van der Waals surface area contributed by atoms with Gasteiger partial charge in [0.15, 0.2) is 5.16 Å². The highest BCUT2D eigenvalue weighted by atomic mass is 32.2. The molecule has 0 amide bonds. The number of benzene rings is 1. The number of aryl methyl sites for hydroxylation is 1. The molecule has 3 aromatic rings. The van der Waals surface area contributed by atoms with Gasteiger partial charge in [0.1, 0.15) is 12.2 Å². The molecule has 0 atom stereocenters. The van der Waals surface area contributed by atoms with Crippen LogP contribution in [0.4, 0.5) is 17.6 Å². The number of aromatic nitrogens is 6.